The molecule has 7 heteroatoms. The summed E-state index contributed by atoms with van der Waals surface area (Å²) >= 11 is 0. The molecule has 0 radical (unpaired) electrons. The van der Waals surface area contributed by atoms with Gasteiger partial charge in [-0.3, -0.25) is 4.90 Å². The smallest absolute Gasteiger partial charge is 0.336 e. The van der Waals surface area contributed by atoms with Crippen LogP contribution >= 0.6 is 0 Å². The third-order valence-electron chi connectivity index (χ3n) is 5.28. The average molecular weight is 391 g/mol. The molecule has 5 rings (SSSR count). The molecule has 0 aliphatic carbocycles. The number of rotatable bonds is 5. The molecule has 0 spiro atoms. The molecule has 29 heavy (non-hydrogen) atoms. The lowest BCUT2D eigenvalue weighted by molar-refractivity contribution is 0.200. The summed E-state index contributed by atoms with van der Waals surface area (Å²) in [5, 5.41) is 1.74. The number of nitrogens with zero attached hydrogens (tertiary/aromatic N) is 3. The summed E-state index contributed by atoms with van der Waals surface area (Å²) in [6, 6.07) is 13.0. The molecule has 1 saturated heterocycles. The van der Waals surface area contributed by atoms with Gasteiger partial charge in [0, 0.05) is 55.8 Å². The summed E-state index contributed by atoms with van der Waals surface area (Å²) in [5.74, 6) is 1.52. The van der Waals surface area contributed by atoms with E-state index in [1.165, 1.54) is 6.07 Å². The van der Waals surface area contributed by atoms with Gasteiger partial charge in [0.25, 0.3) is 0 Å². The Hall–Kier alpha value is -3.32. The van der Waals surface area contributed by atoms with Gasteiger partial charge >= 0.3 is 5.63 Å². The van der Waals surface area contributed by atoms with E-state index in [2.05, 4.69) is 14.8 Å². The number of benzene rings is 1. The number of piperazine rings is 1. The molecule has 1 aliphatic heterocycles. The van der Waals surface area contributed by atoms with Gasteiger partial charge in [-0.2, -0.15) is 0 Å². The SMILES string of the molecule is O=c1ccc2cc3ccoc3c(OCCN3CCN(c4ccccn4)CC3)c2o1. The zero-order chi connectivity index (χ0) is 19.6. The largest absolute Gasteiger partial charge is 0.485 e. The van der Waals surface area contributed by atoms with E-state index in [4.69, 9.17) is 13.6 Å². The molecule has 7 nitrogen and oxygen atoms in total. The minimum Gasteiger partial charge on any atom is -0.485 e. The zero-order valence-corrected chi connectivity index (χ0v) is 15.9. The predicted octanol–water partition coefficient (Wildman–Crippen LogP) is 3.14. The summed E-state index contributed by atoms with van der Waals surface area (Å²) in [4.78, 5) is 20.8. The van der Waals surface area contributed by atoms with Crippen LogP contribution in [-0.4, -0.2) is 49.2 Å². The van der Waals surface area contributed by atoms with E-state index in [9.17, 15) is 4.79 Å². The zero-order valence-electron chi connectivity index (χ0n) is 15.9. The molecule has 3 aromatic heterocycles. The van der Waals surface area contributed by atoms with Gasteiger partial charge in [0.1, 0.15) is 12.4 Å². The first-order valence-electron chi connectivity index (χ1n) is 9.73. The summed E-state index contributed by atoms with van der Waals surface area (Å²) in [6.07, 6.45) is 3.44. The maximum atomic E-state index is 11.7. The molecule has 0 N–H and O–H groups in total. The summed E-state index contributed by atoms with van der Waals surface area (Å²) in [6.45, 7) is 5.02. The van der Waals surface area contributed by atoms with E-state index < -0.39 is 5.63 Å². The highest BCUT2D eigenvalue weighted by atomic mass is 16.5. The first kappa shape index (κ1) is 17.8. The molecular weight excluding hydrogens is 370 g/mol. The summed E-state index contributed by atoms with van der Waals surface area (Å²) in [5.41, 5.74) is 0.630. The van der Waals surface area contributed by atoms with Gasteiger partial charge in [-0.1, -0.05) is 6.07 Å². The molecule has 0 atom stereocenters. The van der Waals surface area contributed by atoms with Crippen LogP contribution in [0.3, 0.4) is 0 Å². The Morgan fingerprint density at radius 2 is 1.86 bits per heavy atom. The van der Waals surface area contributed by atoms with Gasteiger partial charge in [0.15, 0.2) is 11.2 Å². The number of pyridine rings is 1. The monoisotopic (exact) mass is 391 g/mol. The molecule has 1 fully saturated rings. The van der Waals surface area contributed by atoms with Gasteiger partial charge < -0.3 is 18.5 Å². The molecule has 4 heterocycles. The van der Waals surface area contributed by atoms with E-state index in [0.717, 1.165) is 49.3 Å². The Bertz CT molecular complexity index is 1180. The van der Waals surface area contributed by atoms with E-state index in [0.29, 0.717) is 23.5 Å². The van der Waals surface area contributed by atoms with Gasteiger partial charge in [0.2, 0.25) is 5.75 Å². The number of furan rings is 1. The average Bonchev–Trinajstić information content (AvgIpc) is 3.23. The molecule has 0 unspecified atom stereocenters. The second-order valence-corrected chi connectivity index (χ2v) is 7.08. The topological polar surface area (TPSA) is 72.0 Å². The van der Waals surface area contributed by atoms with Crippen molar-refractivity contribution in [2.75, 3.05) is 44.2 Å². The fourth-order valence-electron chi connectivity index (χ4n) is 3.76. The first-order valence-corrected chi connectivity index (χ1v) is 9.73. The molecule has 1 aliphatic rings. The summed E-state index contributed by atoms with van der Waals surface area (Å²) in [7, 11) is 0. The second-order valence-electron chi connectivity index (χ2n) is 7.08. The van der Waals surface area contributed by atoms with Gasteiger partial charge in [-0.15, -0.1) is 0 Å². The molecule has 1 aromatic carbocycles. The van der Waals surface area contributed by atoms with Gasteiger partial charge in [-0.25, -0.2) is 9.78 Å². The molecule has 4 aromatic rings. The van der Waals surface area contributed by atoms with Crippen molar-refractivity contribution in [3.8, 4) is 5.75 Å². The van der Waals surface area contributed by atoms with Crippen LogP contribution in [0, 0.1) is 0 Å². The van der Waals surface area contributed by atoms with Crippen molar-refractivity contribution >= 4 is 27.8 Å². The number of hydrogen-bond acceptors (Lipinski definition) is 7. The van der Waals surface area contributed by atoms with Crippen LogP contribution in [0.4, 0.5) is 5.82 Å². The third kappa shape index (κ3) is 3.56. The van der Waals surface area contributed by atoms with Crippen molar-refractivity contribution < 1.29 is 13.6 Å². The first-order chi connectivity index (χ1) is 14.3. The van der Waals surface area contributed by atoms with E-state index in [1.54, 1.807) is 12.3 Å². The molecule has 0 saturated carbocycles. The Kier molecular flexibility index (Phi) is 4.65. The lowest BCUT2D eigenvalue weighted by Gasteiger charge is -2.35. The van der Waals surface area contributed by atoms with Crippen molar-refractivity contribution in [2.24, 2.45) is 0 Å². The van der Waals surface area contributed by atoms with Crippen LogP contribution in [0.1, 0.15) is 0 Å². The maximum absolute atomic E-state index is 11.7. The number of aromatic nitrogens is 1. The normalized spacial score (nSPS) is 15.2. The van der Waals surface area contributed by atoms with Gasteiger partial charge in [-0.05, 0) is 30.3 Å². The highest BCUT2D eigenvalue weighted by Crippen LogP contribution is 2.34. The van der Waals surface area contributed by atoms with Crippen LogP contribution in [-0.2, 0) is 0 Å². The van der Waals surface area contributed by atoms with Crippen molar-refractivity contribution in [1.29, 1.82) is 0 Å². The van der Waals surface area contributed by atoms with Crippen molar-refractivity contribution in [1.82, 2.24) is 9.88 Å². The molecule has 0 amide bonds. The van der Waals surface area contributed by atoms with Crippen LogP contribution in [0.5, 0.6) is 5.75 Å². The van der Waals surface area contributed by atoms with Crippen molar-refractivity contribution in [3.63, 3.8) is 0 Å². The van der Waals surface area contributed by atoms with Crippen molar-refractivity contribution in [3.05, 3.63) is 65.3 Å². The Morgan fingerprint density at radius 3 is 2.69 bits per heavy atom. The Morgan fingerprint density at radius 1 is 1.00 bits per heavy atom. The van der Waals surface area contributed by atoms with Crippen LogP contribution in [0.2, 0.25) is 0 Å². The van der Waals surface area contributed by atoms with Crippen LogP contribution in [0.25, 0.3) is 21.9 Å². The highest BCUT2D eigenvalue weighted by molar-refractivity contribution is 5.99. The van der Waals surface area contributed by atoms with E-state index in [-0.39, 0.29) is 0 Å². The maximum Gasteiger partial charge on any atom is 0.336 e. The molecule has 0 bridgehead atoms. The second kappa shape index (κ2) is 7.60. The van der Waals surface area contributed by atoms with Crippen LogP contribution < -0.4 is 15.3 Å². The lowest BCUT2D eigenvalue weighted by Crippen LogP contribution is -2.47. The third-order valence-corrected chi connectivity index (χ3v) is 5.28. The fourth-order valence-corrected chi connectivity index (χ4v) is 3.76. The molecule has 148 valence electrons. The highest BCUT2D eigenvalue weighted by Gasteiger charge is 2.19. The minimum absolute atomic E-state index is 0.404. The van der Waals surface area contributed by atoms with E-state index in [1.807, 2.05) is 36.5 Å². The van der Waals surface area contributed by atoms with E-state index >= 15 is 0 Å². The fraction of sp³-hybridized carbons (Fsp3) is 0.273. The Balaban J connectivity index is 1.26. The number of fused-ring (bicyclic) bond motifs is 2. The quantitative estimate of drug-likeness (QED) is 0.484. The number of hydrogen-bond donors (Lipinski definition) is 0. The number of ether oxygens (including phenoxy) is 1. The standard InChI is InChI=1S/C22H21N3O4/c26-19-5-4-16-15-17-6-13-27-20(17)22(21(16)29-19)28-14-12-24-8-10-25(11-9-24)18-3-1-2-7-23-18/h1-7,13,15H,8-12,14H2. The predicted molar refractivity (Wildman–Crippen MR) is 111 cm³/mol. The summed E-state index contributed by atoms with van der Waals surface area (Å²) < 4.78 is 17.1. The lowest BCUT2D eigenvalue weighted by atomic mass is 10.1. The molecular formula is C22H21N3O4. The Labute approximate surface area is 167 Å². The minimum atomic E-state index is -0.404. The van der Waals surface area contributed by atoms with Gasteiger partial charge in [0.05, 0.1) is 6.26 Å². The number of anilines is 1. The van der Waals surface area contributed by atoms with Crippen LogP contribution in [0.15, 0.2) is 68.6 Å². The van der Waals surface area contributed by atoms with Crippen molar-refractivity contribution in [2.45, 2.75) is 0 Å².